The van der Waals surface area contributed by atoms with E-state index in [4.69, 9.17) is 4.74 Å². The lowest BCUT2D eigenvalue weighted by Crippen LogP contribution is -2.15. The molecule has 5 heteroatoms. The molecule has 1 aromatic rings. The molecule has 4 nitrogen and oxygen atoms in total. The van der Waals surface area contributed by atoms with E-state index >= 15 is 0 Å². The molecule has 0 saturated heterocycles. The predicted molar refractivity (Wildman–Crippen MR) is 86.0 cm³/mol. The van der Waals surface area contributed by atoms with Gasteiger partial charge in [0.05, 0.1) is 4.90 Å². The van der Waals surface area contributed by atoms with Crippen molar-refractivity contribution in [2.24, 2.45) is 0 Å². The highest BCUT2D eigenvalue weighted by Crippen LogP contribution is 2.10. The van der Waals surface area contributed by atoms with Gasteiger partial charge in [0.25, 0.3) is 0 Å². The Kier molecular flexibility index (Phi) is 7.69. The van der Waals surface area contributed by atoms with Crippen molar-refractivity contribution < 1.29 is 17.9 Å². The molecule has 120 valence electrons. The molecule has 0 amide bonds. The summed E-state index contributed by atoms with van der Waals surface area (Å²) in [5.41, 5.74) is 0. The van der Waals surface area contributed by atoms with Gasteiger partial charge in [-0.1, -0.05) is 49.8 Å². The molecule has 0 bridgehead atoms. The number of unbranched alkanes of at least 4 members (excludes halogenated alkanes) is 1. The van der Waals surface area contributed by atoms with E-state index in [1.165, 1.54) is 6.92 Å². The van der Waals surface area contributed by atoms with E-state index in [-0.39, 0.29) is 22.7 Å². The molecule has 0 aliphatic heterocycles. The fourth-order valence-corrected chi connectivity index (χ4v) is 2.94. The Morgan fingerprint density at radius 2 is 1.91 bits per heavy atom. The molecular formula is C17H22O4S. The highest BCUT2D eigenvalue weighted by Gasteiger charge is 2.12. The Labute approximate surface area is 132 Å². The molecular weight excluding hydrogens is 300 g/mol. The van der Waals surface area contributed by atoms with Gasteiger partial charge in [0.15, 0.2) is 9.84 Å². The molecule has 0 fully saturated rings. The Balaban J connectivity index is 2.59. The van der Waals surface area contributed by atoms with Crippen LogP contribution in [-0.2, 0) is 19.4 Å². The lowest BCUT2D eigenvalue weighted by molar-refractivity contribution is -0.146. The lowest BCUT2D eigenvalue weighted by atomic mass is 10.1. The summed E-state index contributed by atoms with van der Waals surface area (Å²) >= 11 is 0. The van der Waals surface area contributed by atoms with E-state index < -0.39 is 9.84 Å². The minimum absolute atomic E-state index is 0.225. The van der Waals surface area contributed by atoms with Crippen LogP contribution in [0.25, 0.3) is 0 Å². The standard InChI is InChI=1S/C17H22O4S/c1-3-4-10-16(21-15(2)18)11-8-9-14-22(19,20)17-12-6-5-7-13-17/h5-7,12-13,16H,3-4,10-11,14H2,1-2H3. The minimum atomic E-state index is -3.38. The number of esters is 1. The van der Waals surface area contributed by atoms with Crippen LogP contribution in [0.4, 0.5) is 0 Å². The number of hydrogen-bond acceptors (Lipinski definition) is 4. The van der Waals surface area contributed by atoms with Crippen LogP contribution in [0.3, 0.4) is 0 Å². The van der Waals surface area contributed by atoms with Crippen molar-refractivity contribution in [3.63, 3.8) is 0 Å². The average Bonchev–Trinajstić information content (AvgIpc) is 2.49. The summed E-state index contributed by atoms with van der Waals surface area (Å²) in [7, 11) is -3.38. The van der Waals surface area contributed by atoms with Crippen LogP contribution < -0.4 is 0 Å². The topological polar surface area (TPSA) is 60.4 Å². The van der Waals surface area contributed by atoms with Crippen molar-refractivity contribution in [2.75, 3.05) is 5.75 Å². The molecule has 1 aromatic carbocycles. The van der Waals surface area contributed by atoms with Crippen LogP contribution in [0.15, 0.2) is 35.2 Å². The van der Waals surface area contributed by atoms with Crippen molar-refractivity contribution in [2.45, 2.75) is 50.5 Å². The van der Waals surface area contributed by atoms with Crippen LogP contribution in [0.2, 0.25) is 0 Å². The van der Waals surface area contributed by atoms with Gasteiger partial charge in [-0.25, -0.2) is 8.42 Å². The summed E-state index contributed by atoms with van der Waals surface area (Å²) in [6, 6.07) is 8.24. The molecule has 22 heavy (non-hydrogen) atoms. The second-order valence-electron chi connectivity index (χ2n) is 5.00. The van der Waals surface area contributed by atoms with Crippen LogP contribution in [0, 0.1) is 11.8 Å². The van der Waals surface area contributed by atoms with Gasteiger partial charge in [-0.2, -0.15) is 0 Å². The molecule has 0 aliphatic rings. The number of carbonyl (C=O) groups excluding carboxylic acids is 1. The first-order chi connectivity index (χ1) is 10.5. The number of ether oxygens (including phenoxy) is 1. The normalized spacial score (nSPS) is 12.1. The van der Waals surface area contributed by atoms with Gasteiger partial charge in [-0.05, 0) is 18.6 Å². The van der Waals surface area contributed by atoms with E-state index in [1.54, 1.807) is 30.3 Å². The lowest BCUT2D eigenvalue weighted by Gasteiger charge is -2.13. The fourth-order valence-electron chi connectivity index (χ4n) is 1.91. The molecule has 0 spiro atoms. The van der Waals surface area contributed by atoms with Crippen molar-refractivity contribution >= 4 is 15.8 Å². The molecule has 1 unspecified atom stereocenters. The summed E-state index contributed by atoms with van der Waals surface area (Å²) in [5.74, 6) is 4.94. The second kappa shape index (κ2) is 9.26. The highest BCUT2D eigenvalue weighted by atomic mass is 32.2. The molecule has 1 rings (SSSR count). The Morgan fingerprint density at radius 1 is 1.23 bits per heavy atom. The van der Waals surface area contributed by atoms with Gasteiger partial charge in [-0.3, -0.25) is 4.79 Å². The molecule has 0 aromatic heterocycles. The maximum atomic E-state index is 12.0. The number of carbonyl (C=O) groups is 1. The average molecular weight is 322 g/mol. The van der Waals surface area contributed by atoms with Crippen molar-refractivity contribution in [3.8, 4) is 11.8 Å². The zero-order valence-electron chi connectivity index (χ0n) is 13.0. The molecule has 0 heterocycles. The van der Waals surface area contributed by atoms with E-state index in [0.717, 1.165) is 19.3 Å². The smallest absolute Gasteiger partial charge is 0.302 e. The quantitative estimate of drug-likeness (QED) is 0.572. The Morgan fingerprint density at radius 3 is 2.50 bits per heavy atom. The Bertz CT molecular complexity index is 624. The molecule has 0 saturated carbocycles. The van der Waals surface area contributed by atoms with Crippen molar-refractivity contribution in [1.29, 1.82) is 0 Å². The van der Waals surface area contributed by atoms with Gasteiger partial charge in [0.1, 0.15) is 11.9 Å². The zero-order chi connectivity index (χ0) is 16.4. The van der Waals surface area contributed by atoms with Gasteiger partial charge in [0.2, 0.25) is 0 Å². The molecule has 0 N–H and O–H groups in total. The number of sulfone groups is 1. The summed E-state index contributed by atoms with van der Waals surface area (Å²) in [6.45, 7) is 3.43. The van der Waals surface area contributed by atoms with Gasteiger partial charge in [0, 0.05) is 13.3 Å². The predicted octanol–water partition coefficient (Wildman–Crippen LogP) is 2.98. The molecule has 0 radical (unpaired) electrons. The monoisotopic (exact) mass is 322 g/mol. The third kappa shape index (κ3) is 6.77. The summed E-state index contributed by atoms with van der Waals surface area (Å²) in [4.78, 5) is 11.3. The SMILES string of the molecule is CCCCC(CC#CCS(=O)(=O)c1ccccc1)OC(C)=O. The van der Waals surface area contributed by atoms with E-state index in [2.05, 4.69) is 18.8 Å². The van der Waals surface area contributed by atoms with E-state index in [0.29, 0.717) is 6.42 Å². The van der Waals surface area contributed by atoms with Gasteiger partial charge < -0.3 is 4.74 Å². The van der Waals surface area contributed by atoms with Crippen molar-refractivity contribution in [1.82, 2.24) is 0 Å². The highest BCUT2D eigenvalue weighted by molar-refractivity contribution is 7.91. The molecule has 1 atom stereocenters. The largest absolute Gasteiger partial charge is 0.462 e. The summed E-state index contributed by atoms with van der Waals surface area (Å²) in [6.07, 6.45) is 2.81. The van der Waals surface area contributed by atoms with Gasteiger partial charge in [-0.15, -0.1) is 0 Å². The Hall–Kier alpha value is -1.80. The van der Waals surface area contributed by atoms with Crippen LogP contribution in [0.5, 0.6) is 0 Å². The maximum absolute atomic E-state index is 12.0. The first-order valence-electron chi connectivity index (χ1n) is 7.36. The maximum Gasteiger partial charge on any atom is 0.302 e. The third-order valence-electron chi connectivity index (χ3n) is 3.03. The number of rotatable bonds is 7. The summed E-state index contributed by atoms with van der Waals surface area (Å²) < 4.78 is 29.3. The summed E-state index contributed by atoms with van der Waals surface area (Å²) in [5, 5.41) is 0. The first kappa shape index (κ1) is 18.2. The second-order valence-corrected chi connectivity index (χ2v) is 6.99. The number of hydrogen-bond donors (Lipinski definition) is 0. The van der Waals surface area contributed by atoms with E-state index in [1.807, 2.05) is 0 Å². The van der Waals surface area contributed by atoms with Crippen LogP contribution in [0.1, 0.15) is 39.5 Å². The first-order valence-corrected chi connectivity index (χ1v) is 9.01. The van der Waals surface area contributed by atoms with Crippen LogP contribution in [-0.4, -0.2) is 26.2 Å². The van der Waals surface area contributed by atoms with Gasteiger partial charge >= 0.3 is 5.97 Å². The molecule has 0 aliphatic carbocycles. The van der Waals surface area contributed by atoms with Crippen molar-refractivity contribution in [3.05, 3.63) is 30.3 Å². The number of benzene rings is 1. The van der Waals surface area contributed by atoms with E-state index in [9.17, 15) is 13.2 Å². The fraction of sp³-hybridized carbons (Fsp3) is 0.471. The minimum Gasteiger partial charge on any atom is -0.462 e. The third-order valence-corrected chi connectivity index (χ3v) is 4.55. The van der Waals surface area contributed by atoms with Crippen LogP contribution >= 0.6 is 0 Å². The zero-order valence-corrected chi connectivity index (χ0v) is 13.9.